The van der Waals surface area contributed by atoms with Crippen molar-refractivity contribution in [2.75, 3.05) is 0 Å². The van der Waals surface area contributed by atoms with Gasteiger partial charge in [-0.25, -0.2) is 0 Å². The molecule has 1 aromatic heterocycles. The third-order valence-electron chi connectivity index (χ3n) is 4.84. The molecule has 0 atom stereocenters. The van der Waals surface area contributed by atoms with Crippen LogP contribution in [0.4, 0.5) is 0 Å². The molecule has 5 nitrogen and oxygen atoms in total. The highest BCUT2D eigenvalue weighted by Crippen LogP contribution is 2.23. The van der Waals surface area contributed by atoms with Crippen LogP contribution < -0.4 is 10.1 Å². The van der Waals surface area contributed by atoms with Crippen molar-refractivity contribution in [3.8, 4) is 5.75 Å². The van der Waals surface area contributed by atoms with Gasteiger partial charge in [0.1, 0.15) is 18.1 Å². The highest BCUT2D eigenvalue weighted by atomic mass is 16.5. The molecule has 0 radical (unpaired) electrons. The van der Waals surface area contributed by atoms with Crippen molar-refractivity contribution in [1.29, 1.82) is 0 Å². The Balaban J connectivity index is 1.69. The second kappa shape index (κ2) is 7.72. The summed E-state index contributed by atoms with van der Waals surface area (Å²) in [6.45, 7) is 6.14. The molecule has 1 aliphatic carbocycles. The van der Waals surface area contributed by atoms with Crippen LogP contribution in [0.2, 0.25) is 0 Å². The van der Waals surface area contributed by atoms with E-state index in [1.807, 2.05) is 26.0 Å². The average Bonchev–Trinajstić information content (AvgIpc) is 2.96. The number of ether oxygens (including phenoxy) is 1. The van der Waals surface area contributed by atoms with Crippen molar-refractivity contribution in [2.45, 2.75) is 65.5 Å². The third-order valence-corrected chi connectivity index (χ3v) is 4.84. The standard InChI is InChI=1S/C20H26N2O3/c1-13-9-10-18(14(2)11-13)24-12-17-15(3)25-22-19(17)20(23)21-16-7-5-4-6-8-16/h9-11,16H,4-8,12H2,1-3H3,(H,21,23). The number of aromatic nitrogens is 1. The number of nitrogens with one attached hydrogen (secondary N) is 1. The lowest BCUT2D eigenvalue weighted by Crippen LogP contribution is -2.36. The lowest BCUT2D eigenvalue weighted by Gasteiger charge is -2.22. The number of hydrogen-bond acceptors (Lipinski definition) is 4. The van der Waals surface area contributed by atoms with E-state index in [4.69, 9.17) is 9.26 Å². The first-order chi connectivity index (χ1) is 12.0. The fourth-order valence-corrected chi connectivity index (χ4v) is 3.35. The highest BCUT2D eigenvalue weighted by molar-refractivity contribution is 5.94. The largest absolute Gasteiger partial charge is 0.488 e. The summed E-state index contributed by atoms with van der Waals surface area (Å²) in [7, 11) is 0. The first-order valence-electron chi connectivity index (χ1n) is 9.00. The van der Waals surface area contributed by atoms with Gasteiger partial charge in [-0.3, -0.25) is 4.79 Å². The number of amides is 1. The Bertz CT molecular complexity index is 745. The van der Waals surface area contributed by atoms with Gasteiger partial charge in [0.05, 0.1) is 5.56 Å². The zero-order valence-corrected chi connectivity index (χ0v) is 15.2. The van der Waals surface area contributed by atoms with Crippen LogP contribution in [0.25, 0.3) is 0 Å². The Hall–Kier alpha value is -2.30. The van der Waals surface area contributed by atoms with Crippen LogP contribution in [-0.4, -0.2) is 17.1 Å². The lowest BCUT2D eigenvalue weighted by molar-refractivity contribution is 0.0916. The number of aryl methyl sites for hydroxylation is 3. The summed E-state index contributed by atoms with van der Waals surface area (Å²) >= 11 is 0. The van der Waals surface area contributed by atoms with Crippen molar-refractivity contribution in [2.24, 2.45) is 0 Å². The van der Waals surface area contributed by atoms with Crippen LogP contribution in [0.3, 0.4) is 0 Å². The van der Waals surface area contributed by atoms with Crippen LogP contribution in [0.15, 0.2) is 22.7 Å². The number of rotatable bonds is 5. The molecular weight excluding hydrogens is 316 g/mol. The second-order valence-electron chi connectivity index (χ2n) is 6.93. The van der Waals surface area contributed by atoms with E-state index >= 15 is 0 Å². The SMILES string of the molecule is Cc1ccc(OCc2c(C(=O)NC3CCCCC3)noc2C)c(C)c1. The van der Waals surface area contributed by atoms with E-state index in [-0.39, 0.29) is 18.6 Å². The fraction of sp³-hybridized carbons (Fsp3) is 0.500. The van der Waals surface area contributed by atoms with E-state index in [9.17, 15) is 4.79 Å². The Morgan fingerprint density at radius 3 is 2.72 bits per heavy atom. The zero-order valence-electron chi connectivity index (χ0n) is 15.2. The number of benzene rings is 1. The van der Waals surface area contributed by atoms with Gasteiger partial charge in [0.25, 0.3) is 5.91 Å². The molecule has 1 aliphatic rings. The van der Waals surface area contributed by atoms with Crippen LogP contribution in [0.5, 0.6) is 5.75 Å². The summed E-state index contributed by atoms with van der Waals surface area (Å²) < 4.78 is 11.2. The monoisotopic (exact) mass is 342 g/mol. The second-order valence-corrected chi connectivity index (χ2v) is 6.93. The Labute approximate surface area is 148 Å². The molecule has 0 unspecified atom stereocenters. The number of carbonyl (C=O) groups excluding carboxylic acids is 1. The van der Waals surface area contributed by atoms with E-state index in [0.717, 1.165) is 24.2 Å². The molecule has 1 heterocycles. The normalized spacial score (nSPS) is 15.2. The summed E-state index contributed by atoms with van der Waals surface area (Å²) in [5, 5.41) is 7.05. The van der Waals surface area contributed by atoms with E-state index < -0.39 is 0 Å². The molecule has 0 aliphatic heterocycles. The summed E-state index contributed by atoms with van der Waals surface area (Å²) in [5.74, 6) is 1.27. The maximum atomic E-state index is 12.6. The molecule has 1 amide bonds. The van der Waals surface area contributed by atoms with E-state index in [1.165, 1.54) is 24.8 Å². The summed E-state index contributed by atoms with van der Waals surface area (Å²) in [4.78, 5) is 12.6. The molecule has 3 rings (SSSR count). The van der Waals surface area contributed by atoms with Crippen LogP contribution in [0.1, 0.15) is 65.0 Å². The smallest absolute Gasteiger partial charge is 0.274 e. The molecule has 2 aromatic rings. The van der Waals surface area contributed by atoms with Gasteiger partial charge in [0, 0.05) is 6.04 Å². The molecular formula is C20H26N2O3. The van der Waals surface area contributed by atoms with Crippen molar-refractivity contribution in [3.05, 3.63) is 46.3 Å². The zero-order chi connectivity index (χ0) is 17.8. The number of carbonyl (C=O) groups is 1. The molecule has 0 bridgehead atoms. The maximum absolute atomic E-state index is 12.6. The first-order valence-corrected chi connectivity index (χ1v) is 9.00. The van der Waals surface area contributed by atoms with Crippen LogP contribution >= 0.6 is 0 Å². The predicted molar refractivity (Wildman–Crippen MR) is 95.8 cm³/mol. The topological polar surface area (TPSA) is 64.4 Å². The minimum Gasteiger partial charge on any atom is -0.488 e. The summed E-state index contributed by atoms with van der Waals surface area (Å²) in [6, 6.07) is 6.28. The third kappa shape index (κ3) is 4.21. The minimum atomic E-state index is -0.164. The van der Waals surface area contributed by atoms with Gasteiger partial charge in [0.2, 0.25) is 0 Å². The van der Waals surface area contributed by atoms with Crippen LogP contribution in [0, 0.1) is 20.8 Å². The molecule has 5 heteroatoms. The molecule has 1 aromatic carbocycles. The summed E-state index contributed by atoms with van der Waals surface area (Å²) in [5.41, 5.74) is 3.32. The van der Waals surface area contributed by atoms with Crippen molar-refractivity contribution in [3.63, 3.8) is 0 Å². The molecule has 25 heavy (non-hydrogen) atoms. The Morgan fingerprint density at radius 2 is 2.00 bits per heavy atom. The summed E-state index contributed by atoms with van der Waals surface area (Å²) in [6.07, 6.45) is 5.68. The fourth-order valence-electron chi connectivity index (χ4n) is 3.35. The Morgan fingerprint density at radius 1 is 1.24 bits per heavy atom. The highest BCUT2D eigenvalue weighted by Gasteiger charge is 2.23. The maximum Gasteiger partial charge on any atom is 0.274 e. The van der Waals surface area contributed by atoms with Crippen molar-refractivity contribution in [1.82, 2.24) is 10.5 Å². The van der Waals surface area contributed by atoms with E-state index in [2.05, 4.69) is 23.5 Å². The van der Waals surface area contributed by atoms with Gasteiger partial charge in [-0.05, 0) is 45.2 Å². The molecule has 0 saturated heterocycles. The molecule has 1 N–H and O–H groups in total. The van der Waals surface area contributed by atoms with Gasteiger partial charge in [0.15, 0.2) is 5.69 Å². The van der Waals surface area contributed by atoms with Gasteiger partial charge < -0.3 is 14.6 Å². The molecule has 134 valence electrons. The number of hydrogen-bond donors (Lipinski definition) is 1. The van der Waals surface area contributed by atoms with Crippen molar-refractivity contribution >= 4 is 5.91 Å². The molecule has 0 spiro atoms. The van der Waals surface area contributed by atoms with Gasteiger partial charge in [-0.1, -0.05) is 42.1 Å². The first kappa shape index (κ1) is 17.5. The lowest BCUT2D eigenvalue weighted by atomic mass is 9.95. The Kier molecular flexibility index (Phi) is 5.41. The van der Waals surface area contributed by atoms with Crippen molar-refractivity contribution < 1.29 is 14.1 Å². The predicted octanol–water partition coefficient (Wildman–Crippen LogP) is 4.24. The van der Waals surface area contributed by atoms with Gasteiger partial charge in [-0.15, -0.1) is 0 Å². The molecule has 1 fully saturated rings. The van der Waals surface area contributed by atoms with Gasteiger partial charge >= 0.3 is 0 Å². The minimum absolute atomic E-state index is 0.164. The number of nitrogens with zero attached hydrogens (tertiary/aromatic N) is 1. The molecule has 1 saturated carbocycles. The average molecular weight is 342 g/mol. The van der Waals surface area contributed by atoms with E-state index in [0.29, 0.717) is 17.0 Å². The quantitative estimate of drug-likeness (QED) is 0.882. The van der Waals surface area contributed by atoms with Crippen LogP contribution in [-0.2, 0) is 6.61 Å². The van der Waals surface area contributed by atoms with E-state index in [1.54, 1.807) is 0 Å². The van der Waals surface area contributed by atoms with Gasteiger partial charge in [-0.2, -0.15) is 0 Å².